The van der Waals surface area contributed by atoms with Gasteiger partial charge in [-0.1, -0.05) is 48.5 Å². The number of hydrogen-bond donors (Lipinski definition) is 2. The van der Waals surface area contributed by atoms with Gasteiger partial charge in [-0.15, -0.1) is 10.8 Å². The van der Waals surface area contributed by atoms with Crippen molar-refractivity contribution < 1.29 is 9.11 Å². The van der Waals surface area contributed by atoms with Crippen LogP contribution in [0.5, 0.6) is 0 Å². The first-order chi connectivity index (χ1) is 10.6. The van der Waals surface area contributed by atoms with Gasteiger partial charge in [0.15, 0.2) is 0 Å². The summed E-state index contributed by atoms with van der Waals surface area (Å²) in [6.45, 7) is 0.448. The summed E-state index contributed by atoms with van der Waals surface area (Å²) in [6.07, 6.45) is 0.773. The molecule has 0 aliphatic carbocycles. The largest absolute Gasteiger partial charge is 0.281 e. The van der Waals surface area contributed by atoms with Crippen molar-refractivity contribution in [2.75, 3.05) is 4.31 Å². The smallest absolute Gasteiger partial charge is 0.0967 e. The van der Waals surface area contributed by atoms with Crippen molar-refractivity contribution in [1.29, 1.82) is 5.26 Å². The molecule has 1 aliphatic heterocycles. The number of hydrogen-bond acceptors (Lipinski definition) is 4. The molecule has 0 aromatic heterocycles. The summed E-state index contributed by atoms with van der Waals surface area (Å²) in [5, 5.41) is 8.43. The monoisotopic (exact) mass is 314 g/mol. The standard InChI is InChI=1S/C17H18N2O2S/c18-12-6-11-17-15-9-4-5-10-16(15)19(22(17,20)21)13-14-7-2-1-3-8-14/h1-5,7-10,17,20-21H,6,11,13H2. The maximum absolute atomic E-state index is 10.8. The quantitative estimate of drug-likeness (QED) is 0.857. The summed E-state index contributed by atoms with van der Waals surface area (Å²) in [7, 11) is -2.98. The van der Waals surface area contributed by atoms with Crippen LogP contribution in [0.3, 0.4) is 0 Å². The van der Waals surface area contributed by atoms with Crippen molar-refractivity contribution in [2.24, 2.45) is 0 Å². The highest BCUT2D eigenvalue weighted by Gasteiger charge is 2.42. The van der Waals surface area contributed by atoms with Crippen LogP contribution in [0.25, 0.3) is 0 Å². The van der Waals surface area contributed by atoms with E-state index in [0.29, 0.717) is 19.4 Å². The first-order valence-corrected chi connectivity index (χ1v) is 8.76. The molecule has 1 aliphatic rings. The van der Waals surface area contributed by atoms with Crippen LogP contribution in [0.15, 0.2) is 54.6 Å². The lowest BCUT2D eigenvalue weighted by molar-refractivity contribution is 0.467. The van der Waals surface area contributed by atoms with Gasteiger partial charge in [-0.3, -0.25) is 13.4 Å². The zero-order chi connectivity index (χ0) is 15.6. The molecule has 2 N–H and O–H groups in total. The Balaban J connectivity index is 1.97. The van der Waals surface area contributed by atoms with Gasteiger partial charge in [-0.25, -0.2) is 0 Å². The van der Waals surface area contributed by atoms with E-state index in [2.05, 4.69) is 6.07 Å². The first-order valence-electron chi connectivity index (χ1n) is 7.19. The predicted octanol–water partition coefficient (Wildman–Crippen LogP) is 4.72. The Morgan fingerprint density at radius 1 is 1.05 bits per heavy atom. The molecule has 2 aromatic rings. The van der Waals surface area contributed by atoms with Gasteiger partial charge in [-0.05, 0) is 18.1 Å². The van der Waals surface area contributed by atoms with E-state index < -0.39 is 16.0 Å². The second kappa shape index (κ2) is 6.01. The van der Waals surface area contributed by atoms with Crippen LogP contribution in [0.4, 0.5) is 5.69 Å². The SMILES string of the molecule is N#CCCC1c2ccccc2N(Cc2ccccc2)S1(O)O. The van der Waals surface area contributed by atoms with Gasteiger partial charge in [0, 0.05) is 12.0 Å². The van der Waals surface area contributed by atoms with Crippen molar-refractivity contribution in [3.8, 4) is 6.07 Å². The number of nitrogens with zero attached hydrogens (tertiary/aromatic N) is 2. The van der Waals surface area contributed by atoms with Crippen LogP contribution in [0.2, 0.25) is 0 Å². The second-order valence-corrected chi connectivity index (χ2v) is 7.46. The molecule has 114 valence electrons. The minimum atomic E-state index is -2.98. The van der Waals surface area contributed by atoms with E-state index in [-0.39, 0.29) is 0 Å². The summed E-state index contributed by atoms with van der Waals surface area (Å²) in [6, 6.07) is 19.5. The lowest BCUT2D eigenvalue weighted by atomic mass is 10.1. The van der Waals surface area contributed by atoms with Crippen molar-refractivity contribution in [1.82, 2.24) is 0 Å². The Kier molecular flexibility index (Phi) is 4.08. The van der Waals surface area contributed by atoms with E-state index >= 15 is 0 Å². The lowest BCUT2D eigenvalue weighted by Gasteiger charge is -2.42. The molecular formula is C17H18N2O2S. The molecule has 1 atom stereocenters. The predicted molar refractivity (Wildman–Crippen MR) is 89.5 cm³/mol. The van der Waals surface area contributed by atoms with Crippen molar-refractivity contribution in [3.05, 3.63) is 65.7 Å². The van der Waals surface area contributed by atoms with Crippen LogP contribution in [0, 0.1) is 11.3 Å². The maximum Gasteiger partial charge on any atom is 0.0967 e. The summed E-state index contributed by atoms with van der Waals surface area (Å²) in [4.78, 5) is 0. The highest BCUT2D eigenvalue weighted by molar-refractivity contribution is 8.25. The lowest BCUT2D eigenvalue weighted by Crippen LogP contribution is -2.24. The van der Waals surface area contributed by atoms with Gasteiger partial charge in [0.25, 0.3) is 0 Å². The fourth-order valence-corrected chi connectivity index (χ4v) is 4.97. The zero-order valence-electron chi connectivity index (χ0n) is 12.1. The number of anilines is 1. The Morgan fingerprint density at radius 3 is 2.45 bits per heavy atom. The molecule has 22 heavy (non-hydrogen) atoms. The highest BCUT2D eigenvalue weighted by atomic mass is 32.3. The second-order valence-electron chi connectivity index (χ2n) is 5.33. The van der Waals surface area contributed by atoms with Gasteiger partial charge in [0.1, 0.15) is 0 Å². The van der Waals surface area contributed by atoms with Gasteiger partial charge in [-0.2, -0.15) is 5.26 Å². The molecule has 1 heterocycles. The number of rotatable bonds is 4. The molecule has 0 saturated carbocycles. The Labute approximate surface area is 132 Å². The van der Waals surface area contributed by atoms with Crippen molar-refractivity contribution in [3.63, 3.8) is 0 Å². The molecule has 0 amide bonds. The van der Waals surface area contributed by atoms with E-state index in [1.165, 1.54) is 0 Å². The summed E-state index contributed by atoms with van der Waals surface area (Å²) < 4.78 is 23.3. The third kappa shape index (κ3) is 2.57. The van der Waals surface area contributed by atoms with Crippen molar-refractivity contribution >= 4 is 16.5 Å². The molecule has 0 saturated heterocycles. The van der Waals surface area contributed by atoms with Crippen LogP contribution in [0.1, 0.15) is 29.2 Å². The van der Waals surface area contributed by atoms with Crippen LogP contribution in [-0.4, -0.2) is 9.11 Å². The number of para-hydroxylation sites is 1. The van der Waals surface area contributed by atoms with Gasteiger partial charge < -0.3 is 0 Å². The van der Waals surface area contributed by atoms with Gasteiger partial charge >= 0.3 is 0 Å². The molecule has 4 nitrogen and oxygen atoms in total. The van der Waals surface area contributed by atoms with E-state index in [0.717, 1.165) is 16.8 Å². The Morgan fingerprint density at radius 2 is 1.73 bits per heavy atom. The first kappa shape index (κ1) is 14.9. The minimum Gasteiger partial charge on any atom is -0.281 e. The molecule has 0 radical (unpaired) electrons. The minimum absolute atomic E-state index is 0.314. The number of nitriles is 1. The average Bonchev–Trinajstić information content (AvgIpc) is 2.74. The fourth-order valence-electron chi connectivity index (χ4n) is 2.89. The Bertz CT molecular complexity index is 697. The molecule has 1 unspecified atom stereocenters. The molecule has 2 aromatic carbocycles. The van der Waals surface area contributed by atoms with Crippen molar-refractivity contribution in [2.45, 2.75) is 24.6 Å². The van der Waals surface area contributed by atoms with E-state index in [9.17, 15) is 9.11 Å². The molecule has 5 heteroatoms. The number of benzene rings is 2. The molecule has 0 bridgehead atoms. The topological polar surface area (TPSA) is 67.5 Å². The zero-order valence-corrected chi connectivity index (χ0v) is 12.9. The van der Waals surface area contributed by atoms with Gasteiger partial charge in [0.2, 0.25) is 0 Å². The average molecular weight is 314 g/mol. The van der Waals surface area contributed by atoms with Crippen LogP contribution in [-0.2, 0) is 6.54 Å². The summed E-state index contributed by atoms with van der Waals surface area (Å²) >= 11 is 0. The Hall–Kier alpha value is -2.00. The fraction of sp³-hybridized carbons (Fsp3) is 0.235. The summed E-state index contributed by atoms with van der Waals surface area (Å²) in [5.74, 6) is 0. The van der Waals surface area contributed by atoms with Crippen LogP contribution >= 0.6 is 10.8 Å². The highest BCUT2D eigenvalue weighted by Crippen LogP contribution is 2.67. The van der Waals surface area contributed by atoms with E-state index in [1.807, 2.05) is 54.6 Å². The van der Waals surface area contributed by atoms with Gasteiger partial charge in [0.05, 0.1) is 23.6 Å². The molecule has 3 rings (SSSR count). The molecular weight excluding hydrogens is 296 g/mol. The molecule has 0 spiro atoms. The normalized spacial score (nSPS) is 20.2. The van der Waals surface area contributed by atoms with Crippen LogP contribution < -0.4 is 4.31 Å². The third-order valence-electron chi connectivity index (χ3n) is 3.95. The number of fused-ring (bicyclic) bond motifs is 1. The van der Waals surface area contributed by atoms with E-state index in [1.54, 1.807) is 4.31 Å². The molecule has 0 fully saturated rings. The third-order valence-corrected chi connectivity index (χ3v) is 6.17. The maximum atomic E-state index is 10.8. The van der Waals surface area contributed by atoms with E-state index in [4.69, 9.17) is 5.26 Å². The summed E-state index contributed by atoms with van der Waals surface area (Å²) in [5.41, 5.74) is 2.81.